The molecule has 0 N–H and O–H groups in total. The van der Waals surface area contributed by atoms with Crippen LogP contribution in [0, 0.1) is 0 Å². The summed E-state index contributed by atoms with van der Waals surface area (Å²) in [6, 6.07) is 0. The lowest BCUT2D eigenvalue weighted by molar-refractivity contribution is -0.142. The first-order valence-corrected chi connectivity index (χ1v) is 6.16. The number of aryl methyl sites for hydroxylation is 1. The van der Waals surface area contributed by atoms with Crippen molar-refractivity contribution in [3.8, 4) is 10.6 Å². The Labute approximate surface area is 103 Å². The van der Waals surface area contributed by atoms with Gasteiger partial charge in [0.2, 0.25) is 0 Å². The number of thiazole rings is 1. The van der Waals surface area contributed by atoms with E-state index in [0.717, 1.165) is 16.3 Å². The molecule has 5 nitrogen and oxygen atoms in total. The Morgan fingerprint density at radius 1 is 1.59 bits per heavy atom. The van der Waals surface area contributed by atoms with Crippen molar-refractivity contribution in [3.05, 3.63) is 23.5 Å². The van der Waals surface area contributed by atoms with Gasteiger partial charge in [-0.1, -0.05) is 0 Å². The molecule has 2 heterocycles. The maximum Gasteiger partial charge on any atom is 0.311 e. The number of esters is 1. The standard InChI is InChI=1S/C11H13N3O2S/c1-3-16-10(15)4-9-7-17-11(13-9)8-5-12-14(2)6-8/h5-7H,3-4H2,1-2H3. The minimum Gasteiger partial charge on any atom is -0.466 e. The van der Waals surface area contributed by atoms with Crippen molar-refractivity contribution in [2.24, 2.45) is 7.05 Å². The largest absolute Gasteiger partial charge is 0.466 e. The van der Waals surface area contributed by atoms with Crippen molar-refractivity contribution in [2.45, 2.75) is 13.3 Å². The van der Waals surface area contributed by atoms with Crippen molar-refractivity contribution in [1.29, 1.82) is 0 Å². The summed E-state index contributed by atoms with van der Waals surface area (Å²) in [4.78, 5) is 15.7. The number of hydrogen-bond donors (Lipinski definition) is 0. The highest BCUT2D eigenvalue weighted by Gasteiger charge is 2.10. The normalized spacial score (nSPS) is 10.5. The van der Waals surface area contributed by atoms with Gasteiger partial charge in [-0.3, -0.25) is 9.48 Å². The van der Waals surface area contributed by atoms with E-state index in [1.807, 2.05) is 18.6 Å². The average molecular weight is 251 g/mol. The van der Waals surface area contributed by atoms with Gasteiger partial charge in [0.1, 0.15) is 5.01 Å². The molecule has 0 spiro atoms. The Kier molecular flexibility index (Phi) is 3.53. The molecule has 0 radical (unpaired) electrons. The van der Waals surface area contributed by atoms with Crippen molar-refractivity contribution < 1.29 is 9.53 Å². The Hall–Kier alpha value is -1.69. The lowest BCUT2D eigenvalue weighted by Gasteiger charge is -1.97. The Morgan fingerprint density at radius 2 is 2.41 bits per heavy atom. The Morgan fingerprint density at radius 3 is 3.06 bits per heavy atom. The van der Waals surface area contributed by atoms with Crippen molar-refractivity contribution >= 4 is 17.3 Å². The van der Waals surface area contributed by atoms with Crippen LogP contribution in [0.2, 0.25) is 0 Å². The van der Waals surface area contributed by atoms with Crippen molar-refractivity contribution in [2.75, 3.05) is 6.61 Å². The molecule has 0 saturated heterocycles. The fourth-order valence-electron chi connectivity index (χ4n) is 1.41. The molecule has 0 aliphatic carbocycles. The van der Waals surface area contributed by atoms with Gasteiger partial charge in [-0.05, 0) is 6.92 Å². The van der Waals surface area contributed by atoms with E-state index in [1.54, 1.807) is 17.8 Å². The van der Waals surface area contributed by atoms with Crippen molar-refractivity contribution in [1.82, 2.24) is 14.8 Å². The second-order valence-electron chi connectivity index (χ2n) is 3.53. The van der Waals surface area contributed by atoms with Gasteiger partial charge >= 0.3 is 5.97 Å². The molecule has 0 saturated carbocycles. The molecule has 0 aromatic carbocycles. The van der Waals surface area contributed by atoms with E-state index in [1.165, 1.54) is 11.3 Å². The SMILES string of the molecule is CCOC(=O)Cc1csc(-c2cnn(C)c2)n1. The molecule has 2 rings (SSSR count). The molecule has 0 amide bonds. The van der Waals surface area contributed by atoms with Crippen LogP contribution in [0.25, 0.3) is 10.6 Å². The van der Waals surface area contributed by atoms with E-state index in [0.29, 0.717) is 6.61 Å². The summed E-state index contributed by atoms with van der Waals surface area (Å²) in [5.41, 5.74) is 1.71. The summed E-state index contributed by atoms with van der Waals surface area (Å²) in [6.45, 7) is 2.19. The third-order valence-corrected chi connectivity index (χ3v) is 3.07. The Bertz CT molecular complexity index is 518. The summed E-state index contributed by atoms with van der Waals surface area (Å²) >= 11 is 1.50. The third kappa shape index (κ3) is 2.91. The smallest absolute Gasteiger partial charge is 0.311 e. The highest BCUT2D eigenvalue weighted by molar-refractivity contribution is 7.13. The van der Waals surface area contributed by atoms with E-state index in [-0.39, 0.29) is 12.4 Å². The van der Waals surface area contributed by atoms with E-state index in [9.17, 15) is 4.79 Å². The van der Waals surface area contributed by atoms with Gasteiger partial charge in [-0.2, -0.15) is 5.10 Å². The minimum absolute atomic E-state index is 0.227. The van der Waals surface area contributed by atoms with Gasteiger partial charge in [0.15, 0.2) is 0 Å². The number of aromatic nitrogens is 3. The molecule has 2 aromatic heterocycles. The highest BCUT2D eigenvalue weighted by atomic mass is 32.1. The number of hydrogen-bond acceptors (Lipinski definition) is 5. The number of carbonyl (C=O) groups excluding carboxylic acids is 1. The van der Waals surface area contributed by atoms with E-state index in [2.05, 4.69) is 10.1 Å². The fourth-order valence-corrected chi connectivity index (χ4v) is 2.21. The third-order valence-electron chi connectivity index (χ3n) is 2.13. The molecule has 2 aromatic rings. The van der Waals surface area contributed by atoms with Gasteiger partial charge in [0.25, 0.3) is 0 Å². The molecule has 0 fully saturated rings. The van der Waals surface area contributed by atoms with Crippen LogP contribution in [0.1, 0.15) is 12.6 Å². The second kappa shape index (κ2) is 5.09. The maximum absolute atomic E-state index is 11.3. The first kappa shape index (κ1) is 11.8. The number of ether oxygens (including phenoxy) is 1. The van der Waals surface area contributed by atoms with Crippen LogP contribution >= 0.6 is 11.3 Å². The molecule has 6 heteroatoms. The summed E-state index contributed by atoms with van der Waals surface area (Å²) < 4.78 is 6.60. The molecule has 0 aliphatic rings. The van der Waals surface area contributed by atoms with Gasteiger partial charge in [-0.25, -0.2) is 4.98 Å². The summed E-state index contributed by atoms with van der Waals surface area (Å²) in [7, 11) is 1.86. The van der Waals surface area contributed by atoms with Crippen LogP contribution < -0.4 is 0 Å². The average Bonchev–Trinajstić information content (AvgIpc) is 2.87. The molecule has 90 valence electrons. The number of rotatable bonds is 4. The summed E-state index contributed by atoms with van der Waals surface area (Å²) in [5.74, 6) is -0.240. The van der Waals surface area contributed by atoms with Crippen LogP contribution in [0.3, 0.4) is 0 Å². The van der Waals surface area contributed by atoms with Gasteiger partial charge in [0, 0.05) is 24.2 Å². The monoisotopic (exact) mass is 251 g/mol. The zero-order valence-electron chi connectivity index (χ0n) is 9.71. The predicted octanol–water partition coefficient (Wildman–Crippen LogP) is 1.65. The Balaban J connectivity index is 2.08. The topological polar surface area (TPSA) is 57.0 Å². The summed E-state index contributed by atoms with van der Waals surface area (Å²) in [5, 5.41) is 6.83. The molecule has 17 heavy (non-hydrogen) atoms. The zero-order valence-corrected chi connectivity index (χ0v) is 10.5. The lowest BCUT2D eigenvalue weighted by atomic mass is 10.3. The van der Waals surface area contributed by atoms with Crippen LogP contribution in [0.15, 0.2) is 17.8 Å². The van der Waals surface area contributed by atoms with Gasteiger partial charge in [-0.15, -0.1) is 11.3 Å². The number of nitrogens with zero attached hydrogens (tertiary/aromatic N) is 3. The maximum atomic E-state index is 11.3. The molecule has 0 atom stereocenters. The minimum atomic E-state index is -0.240. The lowest BCUT2D eigenvalue weighted by Crippen LogP contribution is -2.07. The molecule has 0 aliphatic heterocycles. The predicted molar refractivity (Wildman–Crippen MR) is 64.7 cm³/mol. The highest BCUT2D eigenvalue weighted by Crippen LogP contribution is 2.23. The van der Waals surface area contributed by atoms with E-state index >= 15 is 0 Å². The summed E-state index contributed by atoms with van der Waals surface area (Å²) in [6.07, 6.45) is 3.88. The van der Waals surface area contributed by atoms with Crippen LogP contribution in [-0.4, -0.2) is 27.3 Å². The van der Waals surface area contributed by atoms with Crippen molar-refractivity contribution in [3.63, 3.8) is 0 Å². The first-order valence-electron chi connectivity index (χ1n) is 5.28. The fraction of sp³-hybridized carbons (Fsp3) is 0.364. The molecular formula is C11H13N3O2S. The quantitative estimate of drug-likeness (QED) is 0.775. The second-order valence-corrected chi connectivity index (χ2v) is 4.39. The van der Waals surface area contributed by atoms with Crippen LogP contribution in [-0.2, 0) is 23.0 Å². The van der Waals surface area contributed by atoms with Crippen LogP contribution in [0.4, 0.5) is 0 Å². The first-order chi connectivity index (χ1) is 8.19. The van der Waals surface area contributed by atoms with E-state index < -0.39 is 0 Å². The van der Waals surface area contributed by atoms with Gasteiger partial charge < -0.3 is 4.74 Å². The number of carbonyl (C=O) groups is 1. The molecule has 0 bridgehead atoms. The van der Waals surface area contributed by atoms with Gasteiger partial charge in [0.05, 0.1) is 24.9 Å². The zero-order chi connectivity index (χ0) is 12.3. The molecule has 0 unspecified atom stereocenters. The van der Waals surface area contributed by atoms with Crippen LogP contribution in [0.5, 0.6) is 0 Å². The molecular weight excluding hydrogens is 238 g/mol. The van der Waals surface area contributed by atoms with E-state index in [4.69, 9.17) is 4.74 Å².